The van der Waals surface area contributed by atoms with Crippen LogP contribution in [0.1, 0.15) is 12.8 Å². The maximum atomic E-state index is 12.5. The molecular weight excluding hydrogens is 322 g/mol. The number of hydrogen-bond donors (Lipinski definition) is 0. The average molecular weight is 332 g/mol. The topological polar surface area (TPSA) is 110 Å². The van der Waals surface area contributed by atoms with Crippen LogP contribution in [-0.4, -0.2) is 36.4 Å². The van der Waals surface area contributed by atoms with E-state index in [-0.39, 0.29) is 22.2 Å². The number of hydrogen-bond acceptors (Lipinski definition) is 6. The van der Waals surface area contributed by atoms with Crippen molar-refractivity contribution in [2.45, 2.75) is 23.9 Å². The van der Waals surface area contributed by atoms with E-state index in [2.05, 4.69) is 4.99 Å². The Kier molecular flexibility index (Phi) is 4.38. The van der Waals surface area contributed by atoms with Gasteiger partial charge in [0.25, 0.3) is 5.69 Å². The lowest BCUT2D eigenvalue weighted by Gasteiger charge is -2.20. The Morgan fingerprint density at radius 3 is 2.76 bits per heavy atom. The van der Waals surface area contributed by atoms with Crippen molar-refractivity contribution in [2.75, 3.05) is 6.54 Å². The number of rotatable bonds is 4. The second-order valence-corrected chi connectivity index (χ2v) is 6.60. The highest BCUT2D eigenvalue weighted by molar-refractivity contribution is 7.89. The molecule has 10 heteroatoms. The minimum atomic E-state index is -3.98. The maximum Gasteiger partial charge on any atom is 0.271 e. The summed E-state index contributed by atoms with van der Waals surface area (Å²) in [5.74, 6) is 0. The number of carbonyl (C=O) groups excluding carboxylic acids is 1. The lowest BCUT2D eigenvalue weighted by Crippen LogP contribution is -2.34. The number of halogens is 1. The fraction of sp³-hybridized carbons (Fsp3) is 0.364. The molecular formula is C11H10ClN3O5S. The minimum absolute atomic E-state index is 0.200. The number of non-ortho nitro benzene ring substituents is 1. The second-order valence-electron chi connectivity index (χ2n) is 4.33. The highest BCUT2D eigenvalue weighted by Gasteiger charge is 2.36. The van der Waals surface area contributed by atoms with Crippen molar-refractivity contribution in [3.63, 3.8) is 0 Å². The molecule has 1 saturated heterocycles. The van der Waals surface area contributed by atoms with Gasteiger partial charge in [0, 0.05) is 18.7 Å². The molecule has 1 aromatic carbocycles. The molecule has 1 fully saturated rings. The lowest BCUT2D eigenvalue weighted by atomic mass is 10.3. The summed E-state index contributed by atoms with van der Waals surface area (Å²) in [7, 11) is -3.98. The van der Waals surface area contributed by atoms with E-state index < -0.39 is 21.1 Å². The molecule has 0 aliphatic carbocycles. The highest BCUT2D eigenvalue weighted by Crippen LogP contribution is 2.32. The number of isocyanates is 1. The van der Waals surface area contributed by atoms with Gasteiger partial charge in [0.1, 0.15) is 11.1 Å². The molecule has 0 radical (unpaired) electrons. The summed E-state index contributed by atoms with van der Waals surface area (Å²) in [6, 6.07) is 3.12. The minimum Gasteiger partial charge on any atom is -0.258 e. The van der Waals surface area contributed by atoms with Gasteiger partial charge in [-0.1, -0.05) is 11.6 Å². The molecule has 0 N–H and O–H groups in total. The van der Waals surface area contributed by atoms with Crippen LogP contribution in [0.5, 0.6) is 0 Å². The number of benzene rings is 1. The van der Waals surface area contributed by atoms with Gasteiger partial charge in [-0.25, -0.2) is 13.2 Å². The number of aliphatic imine (C=N–C) groups is 1. The maximum absolute atomic E-state index is 12.5. The molecule has 112 valence electrons. The van der Waals surface area contributed by atoms with Crippen LogP contribution >= 0.6 is 11.6 Å². The zero-order valence-electron chi connectivity index (χ0n) is 10.6. The van der Waals surface area contributed by atoms with Crippen molar-refractivity contribution in [3.8, 4) is 0 Å². The third kappa shape index (κ3) is 2.96. The SMILES string of the molecule is O=C=NC1CCCN1S(=O)(=O)c1ccc([N+](=O)[O-])cc1Cl. The zero-order chi connectivity index (χ0) is 15.6. The van der Waals surface area contributed by atoms with E-state index in [1.807, 2.05) is 0 Å². The first-order valence-electron chi connectivity index (χ1n) is 5.90. The molecule has 0 aromatic heterocycles. The number of nitro groups is 1. The summed E-state index contributed by atoms with van der Waals surface area (Å²) in [5, 5.41) is 10.4. The lowest BCUT2D eigenvalue weighted by molar-refractivity contribution is -0.384. The van der Waals surface area contributed by atoms with Gasteiger partial charge in [0.15, 0.2) is 0 Å². The van der Waals surface area contributed by atoms with E-state index in [0.29, 0.717) is 12.8 Å². The van der Waals surface area contributed by atoms with Crippen molar-refractivity contribution in [1.29, 1.82) is 0 Å². The molecule has 1 unspecified atom stereocenters. The van der Waals surface area contributed by atoms with Crippen LogP contribution in [0.15, 0.2) is 28.1 Å². The van der Waals surface area contributed by atoms with Crippen LogP contribution in [0.2, 0.25) is 5.02 Å². The average Bonchev–Trinajstić information content (AvgIpc) is 2.87. The molecule has 0 bridgehead atoms. The summed E-state index contributed by atoms with van der Waals surface area (Å²) in [6.45, 7) is 0.200. The molecule has 1 atom stereocenters. The molecule has 0 spiro atoms. The number of sulfonamides is 1. The van der Waals surface area contributed by atoms with Crippen molar-refractivity contribution in [2.24, 2.45) is 4.99 Å². The quantitative estimate of drug-likeness (QED) is 0.361. The fourth-order valence-electron chi connectivity index (χ4n) is 2.13. The van der Waals surface area contributed by atoms with Gasteiger partial charge >= 0.3 is 0 Å². The Bertz CT molecular complexity index is 729. The number of nitrogens with zero attached hydrogens (tertiary/aromatic N) is 3. The molecule has 0 amide bonds. The monoisotopic (exact) mass is 331 g/mol. The normalized spacial score (nSPS) is 19.2. The zero-order valence-corrected chi connectivity index (χ0v) is 12.2. The van der Waals surface area contributed by atoms with Gasteiger partial charge in [-0.2, -0.15) is 9.30 Å². The van der Waals surface area contributed by atoms with Crippen molar-refractivity contribution in [3.05, 3.63) is 33.3 Å². The molecule has 0 saturated carbocycles. The second kappa shape index (κ2) is 5.90. The molecule has 1 aliphatic rings. The van der Waals surface area contributed by atoms with Crippen molar-refractivity contribution >= 4 is 33.4 Å². The summed E-state index contributed by atoms with van der Waals surface area (Å²) in [4.78, 5) is 23.5. The van der Waals surface area contributed by atoms with Gasteiger partial charge in [0.2, 0.25) is 16.1 Å². The van der Waals surface area contributed by atoms with Gasteiger partial charge < -0.3 is 0 Å². The summed E-state index contributed by atoms with van der Waals surface area (Å²) < 4.78 is 26.1. The van der Waals surface area contributed by atoms with E-state index in [1.165, 1.54) is 6.08 Å². The van der Waals surface area contributed by atoms with Crippen LogP contribution in [0, 0.1) is 10.1 Å². The largest absolute Gasteiger partial charge is 0.271 e. The Morgan fingerprint density at radius 1 is 1.48 bits per heavy atom. The Labute approximate surface area is 125 Å². The molecule has 2 rings (SSSR count). The molecule has 8 nitrogen and oxygen atoms in total. The molecule has 1 aromatic rings. The van der Waals surface area contributed by atoms with Crippen molar-refractivity contribution in [1.82, 2.24) is 4.31 Å². The van der Waals surface area contributed by atoms with Gasteiger partial charge in [-0.05, 0) is 18.9 Å². The third-order valence-electron chi connectivity index (χ3n) is 3.09. The number of nitro benzene ring substituents is 1. The highest BCUT2D eigenvalue weighted by atomic mass is 35.5. The predicted molar refractivity (Wildman–Crippen MR) is 73.1 cm³/mol. The van der Waals surface area contributed by atoms with Crippen LogP contribution in [0.3, 0.4) is 0 Å². The first kappa shape index (κ1) is 15.6. The fourth-order valence-corrected chi connectivity index (χ4v) is 4.24. The Hall–Kier alpha value is -1.80. The van der Waals surface area contributed by atoms with Crippen LogP contribution in [0.4, 0.5) is 5.69 Å². The Balaban J connectivity index is 2.44. The summed E-state index contributed by atoms with van der Waals surface area (Å²) >= 11 is 5.84. The van der Waals surface area contributed by atoms with E-state index in [1.54, 1.807) is 0 Å². The molecule has 21 heavy (non-hydrogen) atoms. The first-order valence-corrected chi connectivity index (χ1v) is 7.72. The van der Waals surface area contributed by atoms with E-state index in [0.717, 1.165) is 22.5 Å². The van der Waals surface area contributed by atoms with E-state index in [9.17, 15) is 23.3 Å². The van der Waals surface area contributed by atoms with Gasteiger partial charge in [-0.15, -0.1) is 0 Å². The third-order valence-corrected chi connectivity index (χ3v) is 5.47. The summed E-state index contributed by atoms with van der Waals surface area (Å²) in [6.07, 6.45) is 1.51. The van der Waals surface area contributed by atoms with Crippen LogP contribution in [0.25, 0.3) is 0 Å². The predicted octanol–water partition coefficient (Wildman–Crippen LogP) is 1.69. The standard InChI is InChI=1S/C11H10ClN3O5S/c12-9-6-8(15(17)18)3-4-10(9)21(19,20)14-5-1-2-11(14)13-7-16/h3-4,6,11H,1-2,5H2. The van der Waals surface area contributed by atoms with Crippen LogP contribution in [-0.2, 0) is 14.8 Å². The van der Waals surface area contributed by atoms with Crippen LogP contribution < -0.4 is 0 Å². The smallest absolute Gasteiger partial charge is 0.258 e. The van der Waals surface area contributed by atoms with E-state index in [4.69, 9.17) is 11.6 Å². The molecule has 1 heterocycles. The van der Waals surface area contributed by atoms with Gasteiger partial charge in [-0.3, -0.25) is 10.1 Å². The van der Waals surface area contributed by atoms with Gasteiger partial charge in [0.05, 0.1) is 9.95 Å². The molecule has 1 aliphatic heterocycles. The van der Waals surface area contributed by atoms with E-state index >= 15 is 0 Å². The summed E-state index contributed by atoms with van der Waals surface area (Å²) in [5.41, 5.74) is -0.303. The van der Waals surface area contributed by atoms with Crippen molar-refractivity contribution < 1.29 is 18.1 Å². The first-order chi connectivity index (χ1) is 9.87. The Morgan fingerprint density at radius 2 is 2.19 bits per heavy atom.